The summed E-state index contributed by atoms with van der Waals surface area (Å²) in [6.07, 6.45) is -0.155. The molecule has 2 unspecified atom stereocenters. The smallest absolute Gasteiger partial charge is 0.436 e. The monoisotopic (exact) mass is 784 g/mol. The molecule has 1 aliphatic heterocycles. The Balaban J connectivity index is 0.000000445. The van der Waals surface area contributed by atoms with Gasteiger partial charge in [0.2, 0.25) is 18.2 Å². The fraction of sp³-hybridized carbons (Fsp3) is 0.364. The van der Waals surface area contributed by atoms with Crippen LogP contribution < -0.4 is 5.32 Å². The van der Waals surface area contributed by atoms with Gasteiger partial charge in [0.25, 0.3) is 0 Å². The van der Waals surface area contributed by atoms with Crippen molar-refractivity contribution < 1.29 is 44.1 Å². The number of aromatic hydroxyl groups is 3. The van der Waals surface area contributed by atoms with Crippen LogP contribution in [0, 0.1) is 19.8 Å². The average Bonchev–Trinajstić information content (AvgIpc) is 3.18. The van der Waals surface area contributed by atoms with E-state index in [-0.39, 0.29) is 37.9 Å². The molecule has 0 aliphatic carbocycles. The van der Waals surface area contributed by atoms with Crippen LogP contribution in [0.5, 0.6) is 17.2 Å². The third-order valence-corrected chi connectivity index (χ3v) is 8.68. The van der Waals surface area contributed by atoms with Crippen molar-refractivity contribution in [2.24, 2.45) is 5.92 Å². The van der Waals surface area contributed by atoms with Gasteiger partial charge in [-0.1, -0.05) is 91.7 Å². The largest absolute Gasteiger partial charge is 0.508 e. The molecule has 13 heteroatoms. The van der Waals surface area contributed by atoms with E-state index in [1.54, 1.807) is 55.5 Å². The predicted molar refractivity (Wildman–Crippen MR) is 217 cm³/mol. The van der Waals surface area contributed by atoms with Crippen LogP contribution in [-0.4, -0.2) is 99.6 Å². The van der Waals surface area contributed by atoms with Gasteiger partial charge in [-0.25, -0.2) is 4.79 Å². The lowest BCUT2D eigenvalue weighted by Crippen LogP contribution is -2.64. The Morgan fingerprint density at radius 1 is 0.825 bits per heavy atom. The second-order valence-corrected chi connectivity index (χ2v) is 14.2. The van der Waals surface area contributed by atoms with E-state index in [4.69, 9.17) is 19.8 Å². The number of aryl methyl sites for hydroxylation is 2. The second kappa shape index (κ2) is 23.8. The lowest BCUT2D eigenvalue weighted by atomic mass is 10.1. The number of hydroxylamine groups is 2. The highest BCUT2D eigenvalue weighted by atomic mass is 16.7. The topological polar surface area (TPSA) is 169 Å². The van der Waals surface area contributed by atoms with E-state index < -0.39 is 24.3 Å². The van der Waals surface area contributed by atoms with Crippen LogP contribution in [0.25, 0.3) is 0 Å². The average molecular weight is 785 g/mol. The maximum absolute atomic E-state index is 13.2. The molecule has 1 fully saturated rings. The number of benzene rings is 4. The molecule has 1 saturated heterocycles. The first kappa shape index (κ1) is 45.3. The Hall–Kier alpha value is -6.08. The fourth-order valence-electron chi connectivity index (χ4n) is 5.42. The van der Waals surface area contributed by atoms with Crippen LogP contribution in [0.1, 0.15) is 49.4 Å². The van der Waals surface area contributed by atoms with Gasteiger partial charge in [0.05, 0.1) is 25.8 Å². The van der Waals surface area contributed by atoms with E-state index >= 15 is 0 Å². The first-order valence-electron chi connectivity index (χ1n) is 18.9. The third kappa shape index (κ3) is 17.1. The molecular formula is C44H56N4O9. The number of carbonyl (C=O) groups excluding carboxylic acids is 4. The Labute approximate surface area is 335 Å². The minimum Gasteiger partial charge on any atom is -0.508 e. The van der Waals surface area contributed by atoms with Gasteiger partial charge in [-0.05, 0) is 87.1 Å². The quantitative estimate of drug-likeness (QED) is 0.0869. The maximum Gasteiger partial charge on any atom is 0.436 e. The van der Waals surface area contributed by atoms with Gasteiger partial charge in [-0.15, -0.1) is 0 Å². The van der Waals surface area contributed by atoms with E-state index in [0.717, 1.165) is 16.2 Å². The van der Waals surface area contributed by atoms with E-state index in [0.29, 0.717) is 49.6 Å². The summed E-state index contributed by atoms with van der Waals surface area (Å²) in [4.78, 5) is 59.2. The van der Waals surface area contributed by atoms with Gasteiger partial charge in [-0.3, -0.25) is 19.2 Å². The number of amides is 4. The second-order valence-electron chi connectivity index (χ2n) is 14.2. The van der Waals surface area contributed by atoms with Crippen molar-refractivity contribution in [3.8, 4) is 17.2 Å². The highest BCUT2D eigenvalue weighted by Gasteiger charge is 2.40. The van der Waals surface area contributed by atoms with Crippen LogP contribution in [0.3, 0.4) is 0 Å². The Bertz CT molecular complexity index is 1720. The van der Waals surface area contributed by atoms with Gasteiger partial charge in [0.1, 0.15) is 23.8 Å². The van der Waals surface area contributed by atoms with E-state index in [1.807, 2.05) is 82.3 Å². The van der Waals surface area contributed by atoms with Crippen LogP contribution in [0.2, 0.25) is 0 Å². The molecule has 13 nitrogen and oxygen atoms in total. The van der Waals surface area contributed by atoms with Gasteiger partial charge < -0.3 is 35.2 Å². The van der Waals surface area contributed by atoms with Crippen molar-refractivity contribution in [2.75, 3.05) is 32.8 Å². The molecule has 306 valence electrons. The number of phenols is 3. The SMILES string of the molecule is CC(C)CCOC(=O)N(OC(C)Cc1ccc(O)cc1)C1CN(CC(=O)NCCc2ccccc2)C(=O)CN1C=O.Cc1ccc(O)cc1.Cc1ccc(O)cc1. The first-order valence-corrected chi connectivity index (χ1v) is 18.9. The number of nitrogens with one attached hydrogen (secondary N) is 1. The molecule has 0 aromatic heterocycles. The third-order valence-electron chi connectivity index (χ3n) is 8.68. The summed E-state index contributed by atoms with van der Waals surface area (Å²) in [5.74, 6) is 0.332. The van der Waals surface area contributed by atoms with Crippen molar-refractivity contribution in [2.45, 2.75) is 66.2 Å². The number of rotatable bonds is 14. The Morgan fingerprint density at radius 2 is 1.37 bits per heavy atom. The van der Waals surface area contributed by atoms with Gasteiger partial charge >= 0.3 is 6.09 Å². The van der Waals surface area contributed by atoms with Gasteiger partial charge in [0, 0.05) is 13.0 Å². The summed E-state index contributed by atoms with van der Waals surface area (Å²) >= 11 is 0. The minimum absolute atomic E-state index is 0.130. The summed E-state index contributed by atoms with van der Waals surface area (Å²) in [7, 11) is 0. The number of nitrogens with zero attached hydrogens (tertiary/aromatic N) is 3. The zero-order valence-corrected chi connectivity index (χ0v) is 33.4. The van der Waals surface area contributed by atoms with Crippen molar-refractivity contribution >= 4 is 24.3 Å². The van der Waals surface area contributed by atoms with E-state index in [9.17, 15) is 24.3 Å². The molecule has 0 radical (unpaired) electrons. The molecule has 4 aromatic carbocycles. The van der Waals surface area contributed by atoms with E-state index in [1.165, 1.54) is 20.9 Å². The van der Waals surface area contributed by atoms with Crippen molar-refractivity contribution in [1.82, 2.24) is 20.2 Å². The van der Waals surface area contributed by atoms with Crippen LogP contribution in [0.15, 0.2) is 103 Å². The summed E-state index contributed by atoms with van der Waals surface area (Å²) in [5.41, 5.74) is 4.28. The molecule has 4 N–H and O–H groups in total. The molecule has 4 amide bonds. The van der Waals surface area contributed by atoms with Gasteiger partial charge in [0.15, 0.2) is 6.17 Å². The lowest BCUT2D eigenvalue weighted by Gasteiger charge is -2.43. The molecule has 0 saturated carbocycles. The molecule has 0 bridgehead atoms. The zero-order chi connectivity index (χ0) is 41.7. The Morgan fingerprint density at radius 3 is 1.88 bits per heavy atom. The molecule has 4 aromatic rings. The Kier molecular flexibility index (Phi) is 18.9. The standard InChI is InChI=1S/C30H40N4O7.2C7H8O/c1-22(2)14-16-40-30(39)34(41-23(3)17-25-9-11-26(36)12-10-25)28-19-32(29(38)20-33(28)21-35)18-27(37)31-15-13-24-7-5-4-6-8-24;2*1-6-2-4-7(8)5-3-6/h4-12,21-23,28,36H,13-20H2,1-3H3,(H,31,37);2*2-5,8H,1H3. The molecule has 0 spiro atoms. The summed E-state index contributed by atoms with van der Waals surface area (Å²) in [6, 6.07) is 30.5. The molecule has 1 heterocycles. The predicted octanol–water partition coefficient (Wildman–Crippen LogP) is 6.13. The number of carbonyl (C=O) groups is 4. The summed E-state index contributed by atoms with van der Waals surface area (Å²) in [6.45, 7) is 9.63. The normalized spacial score (nSPS) is 14.0. The van der Waals surface area contributed by atoms with Crippen molar-refractivity contribution in [3.63, 3.8) is 0 Å². The number of ether oxygens (including phenoxy) is 1. The van der Waals surface area contributed by atoms with Crippen LogP contribution >= 0.6 is 0 Å². The molecular weight excluding hydrogens is 729 g/mol. The van der Waals surface area contributed by atoms with Crippen molar-refractivity contribution in [1.29, 1.82) is 0 Å². The number of piperazine rings is 1. The van der Waals surface area contributed by atoms with Gasteiger partial charge in [-0.2, -0.15) is 5.06 Å². The lowest BCUT2D eigenvalue weighted by molar-refractivity contribution is -0.225. The maximum atomic E-state index is 13.2. The molecule has 2 atom stereocenters. The van der Waals surface area contributed by atoms with Crippen LogP contribution in [0.4, 0.5) is 4.79 Å². The highest BCUT2D eigenvalue weighted by Crippen LogP contribution is 2.20. The van der Waals surface area contributed by atoms with E-state index in [2.05, 4.69) is 5.32 Å². The van der Waals surface area contributed by atoms with Crippen molar-refractivity contribution in [3.05, 3.63) is 125 Å². The number of phenolic OH excluding ortho intramolecular Hbond substituents is 3. The summed E-state index contributed by atoms with van der Waals surface area (Å²) in [5, 5.41) is 30.9. The molecule has 5 rings (SSSR count). The molecule has 57 heavy (non-hydrogen) atoms. The molecule has 1 aliphatic rings. The fourth-order valence-corrected chi connectivity index (χ4v) is 5.42. The van der Waals surface area contributed by atoms with Crippen LogP contribution in [-0.2, 0) is 36.8 Å². The number of hydrogen-bond acceptors (Lipinski definition) is 9. The zero-order valence-electron chi connectivity index (χ0n) is 33.4. The summed E-state index contributed by atoms with van der Waals surface area (Å²) < 4.78 is 5.47. The number of hydrogen-bond donors (Lipinski definition) is 4. The minimum atomic E-state index is -1.00. The first-order chi connectivity index (χ1) is 27.2. The highest BCUT2D eigenvalue weighted by molar-refractivity contribution is 5.87.